The average Bonchev–Trinajstić information content (AvgIpc) is 2.89. The summed E-state index contributed by atoms with van der Waals surface area (Å²) in [5, 5.41) is 3.75. The van der Waals surface area contributed by atoms with Crippen LogP contribution in [0.5, 0.6) is 0 Å². The molecule has 5 nitrogen and oxygen atoms in total. The first-order valence-corrected chi connectivity index (χ1v) is 10.2. The Morgan fingerprint density at radius 3 is 2.56 bits per heavy atom. The van der Waals surface area contributed by atoms with Crippen molar-refractivity contribution in [1.82, 2.24) is 14.9 Å². The van der Waals surface area contributed by atoms with Crippen molar-refractivity contribution in [1.29, 1.82) is 0 Å². The van der Waals surface area contributed by atoms with Crippen LogP contribution in [0.3, 0.4) is 0 Å². The van der Waals surface area contributed by atoms with Crippen LogP contribution in [-0.2, 0) is 6.54 Å². The van der Waals surface area contributed by atoms with E-state index in [0.29, 0.717) is 11.1 Å². The van der Waals surface area contributed by atoms with Crippen molar-refractivity contribution in [2.24, 2.45) is 0 Å². The maximum absolute atomic E-state index is 12.9. The highest BCUT2D eigenvalue weighted by Crippen LogP contribution is 2.34. The van der Waals surface area contributed by atoms with E-state index in [0.717, 1.165) is 31.1 Å². The second kappa shape index (κ2) is 7.64. The molecule has 0 atom stereocenters. The molecule has 2 heterocycles. The van der Waals surface area contributed by atoms with Gasteiger partial charge < -0.3 is 14.9 Å². The van der Waals surface area contributed by atoms with Crippen LogP contribution in [0.1, 0.15) is 47.1 Å². The van der Waals surface area contributed by atoms with E-state index in [-0.39, 0.29) is 24.1 Å². The van der Waals surface area contributed by atoms with Crippen LogP contribution >= 0.6 is 31.9 Å². The summed E-state index contributed by atoms with van der Waals surface area (Å²) in [5.74, 6) is -0.220. The lowest BCUT2D eigenvalue weighted by Crippen LogP contribution is -2.28. The summed E-state index contributed by atoms with van der Waals surface area (Å²) in [5.41, 5.74) is 3.61. The van der Waals surface area contributed by atoms with Crippen molar-refractivity contribution in [2.45, 2.75) is 40.3 Å². The number of aryl methyl sites for hydroxylation is 2. The van der Waals surface area contributed by atoms with E-state index < -0.39 is 0 Å². The molecule has 0 radical (unpaired) electrons. The van der Waals surface area contributed by atoms with E-state index in [4.69, 9.17) is 0 Å². The minimum absolute atomic E-state index is 0.167. The number of carbonyl (C=O) groups excluding carboxylic acids is 1. The van der Waals surface area contributed by atoms with Gasteiger partial charge in [-0.15, -0.1) is 0 Å². The van der Waals surface area contributed by atoms with Crippen LogP contribution in [0, 0.1) is 13.8 Å². The first kappa shape index (κ1) is 19.9. The number of aromatic amines is 1. The molecule has 3 aromatic rings. The van der Waals surface area contributed by atoms with Crippen LogP contribution < -0.4 is 10.9 Å². The molecule has 142 valence electrons. The summed E-state index contributed by atoms with van der Waals surface area (Å²) in [6, 6.07) is 5.97. The van der Waals surface area contributed by atoms with Gasteiger partial charge in [0.2, 0.25) is 0 Å². The van der Waals surface area contributed by atoms with E-state index in [1.54, 1.807) is 6.07 Å². The van der Waals surface area contributed by atoms with Crippen molar-refractivity contribution in [3.05, 3.63) is 66.1 Å². The third-order valence-electron chi connectivity index (χ3n) is 4.57. The molecule has 7 heteroatoms. The number of benzene rings is 1. The maximum Gasteiger partial charge on any atom is 0.253 e. The molecule has 0 saturated heterocycles. The summed E-state index contributed by atoms with van der Waals surface area (Å²) < 4.78 is 3.82. The summed E-state index contributed by atoms with van der Waals surface area (Å²) in [4.78, 5) is 27.9. The number of hydrogen-bond donors (Lipinski definition) is 2. The molecule has 27 heavy (non-hydrogen) atoms. The number of nitrogens with one attached hydrogen (secondary N) is 2. The minimum Gasteiger partial charge on any atom is -0.348 e. The SMILES string of the molecule is Cc1cc(C)c(CNC(=O)c2cc(Br)cc3c2c(Br)cn3C(C)C)c(=O)[nH]1. The molecule has 1 aromatic carbocycles. The fourth-order valence-corrected chi connectivity index (χ4v) is 4.36. The maximum atomic E-state index is 12.9. The zero-order valence-corrected chi connectivity index (χ0v) is 18.8. The lowest BCUT2D eigenvalue weighted by molar-refractivity contribution is 0.0952. The molecule has 0 aliphatic heterocycles. The number of fused-ring (bicyclic) bond motifs is 1. The summed E-state index contributed by atoms with van der Waals surface area (Å²) in [7, 11) is 0. The summed E-state index contributed by atoms with van der Waals surface area (Å²) >= 11 is 7.09. The third-order valence-corrected chi connectivity index (χ3v) is 5.63. The van der Waals surface area contributed by atoms with E-state index >= 15 is 0 Å². The zero-order valence-electron chi connectivity index (χ0n) is 15.6. The Labute approximate surface area is 174 Å². The number of pyridine rings is 1. The molecule has 0 bridgehead atoms. The van der Waals surface area contributed by atoms with E-state index in [2.05, 4.69) is 60.6 Å². The molecule has 2 aromatic heterocycles. The van der Waals surface area contributed by atoms with Gasteiger partial charge in [-0.2, -0.15) is 0 Å². The predicted molar refractivity (Wildman–Crippen MR) is 115 cm³/mol. The van der Waals surface area contributed by atoms with Crippen LogP contribution in [0.15, 0.2) is 38.1 Å². The number of hydrogen-bond acceptors (Lipinski definition) is 2. The minimum atomic E-state index is -0.220. The highest BCUT2D eigenvalue weighted by Gasteiger charge is 2.19. The molecule has 1 amide bonds. The Kier molecular flexibility index (Phi) is 5.63. The molecule has 0 aliphatic rings. The third kappa shape index (κ3) is 3.89. The van der Waals surface area contributed by atoms with E-state index in [1.165, 1.54) is 0 Å². The van der Waals surface area contributed by atoms with E-state index in [1.807, 2.05) is 32.2 Å². The quantitative estimate of drug-likeness (QED) is 0.537. The molecule has 3 rings (SSSR count). The van der Waals surface area contributed by atoms with Gasteiger partial charge in [-0.25, -0.2) is 0 Å². The Balaban J connectivity index is 1.98. The number of aromatic nitrogens is 2. The van der Waals surface area contributed by atoms with Crippen molar-refractivity contribution >= 4 is 48.7 Å². The van der Waals surface area contributed by atoms with Gasteiger partial charge in [-0.1, -0.05) is 15.9 Å². The van der Waals surface area contributed by atoms with E-state index in [9.17, 15) is 9.59 Å². The number of rotatable bonds is 4. The fraction of sp³-hybridized carbons (Fsp3) is 0.300. The number of amides is 1. The van der Waals surface area contributed by atoms with Gasteiger partial charge in [0.15, 0.2) is 0 Å². The monoisotopic (exact) mass is 493 g/mol. The Hall–Kier alpha value is -1.86. The topological polar surface area (TPSA) is 66.9 Å². The lowest BCUT2D eigenvalue weighted by Gasteiger charge is -2.12. The highest BCUT2D eigenvalue weighted by atomic mass is 79.9. The Bertz CT molecular complexity index is 1100. The lowest BCUT2D eigenvalue weighted by atomic mass is 10.1. The largest absolute Gasteiger partial charge is 0.348 e. The van der Waals surface area contributed by atoms with Crippen LogP contribution in [0.4, 0.5) is 0 Å². The second-order valence-electron chi connectivity index (χ2n) is 6.95. The van der Waals surface area contributed by atoms with Gasteiger partial charge in [0.05, 0.1) is 11.1 Å². The summed E-state index contributed by atoms with van der Waals surface area (Å²) in [6.45, 7) is 8.08. The molecule has 0 unspecified atom stereocenters. The summed E-state index contributed by atoms with van der Waals surface area (Å²) in [6.07, 6.45) is 1.99. The molecule has 0 aliphatic carbocycles. The highest BCUT2D eigenvalue weighted by molar-refractivity contribution is 9.11. The Morgan fingerprint density at radius 2 is 1.93 bits per heavy atom. The zero-order chi connectivity index (χ0) is 19.9. The van der Waals surface area contributed by atoms with Crippen molar-refractivity contribution in [3.63, 3.8) is 0 Å². The molecule has 0 spiro atoms. The average molecular weight is 495 g/mol. The van der Waals surface area contributed by atoms with Gasteiger partial charge in [-0.3, -0.25) is 9.59 Å². The van der Waals surface area contributed by atoms with Crippen LogP contribution in [-0.4, -0.2) is 15.5 Å². The first-order chi connectivity index (χ1) is 12.7. The second-order valence-corrected chi connectivity index (χ2v) is 8.72. The smallest absolute Gasteiger partial charge is 0.253 e. The molecular formula is C20H21Br2N3O2. The van der Waals surface area contributed by atoms with Gasteiger partial charge in [-0.05, 0) is 67.4 Å². The number of halogens is 2. The fourth-order valence-electron chi connectivity index (χ4n) is 3.27. The van der Waals surface area contributed by atoms with Crippen molar-refractivity contribution < 1.29 is 4.79 Å². The van der Waals surface area contributed by atoms with Crippen LogP contribution in [0.25, 0.3) is 10.9 Å². The van der Waals surface area contributed by atoms with Crippen molar-refractivity contribution in [2.75, 3.05) is 0 Å². The van der Waals surface area contributed by atoms with Gasteiger partial charge in [0.25, 0.3) is 11.5 Å². The van der Waals surface area contributed by atoms with Gasteiger partial charge in [0.1, 0.15) is 0 Å². The molecule has 0 fully saturated rings. The molecule has 0 saturated carbocycles. The predicted octanol–water partition coefficient (Wildman–Crippen LogP) is 4.98. The number of nitrogens with zero attached hydrogens (tertiary/aromatic N) is 1. The molecular weight excluding hydrogens is 474 g/mol. The molecule has 2 N–H and O–H groups in total. The van der Waals surface area contributed by atoms with Gasteiger partial charge in [0, 0.05) is 44.4 Å². The van der Waals surface area contributed by atoms with Crippen LogP contribution in [0.2, 0.25) is 0 Å². The number of H-pyrrole nitrogens is 1. The Morgan fingerprint density at radius 1 is 1.22 bits per heavy atom. The first-order valence-electron chi connectivity index (χ1n) is 8.66. The van der Waals surface area contributed by atoms with Gasteiger partial charge >= 0.3 is 0 Å². The van der Waals surface area contributed by atoms with Crippen molar-refractivity contribution in [3.8, 4) is 0 Å². The normalized spacial score (nSPS) is 11.4. The number of carbonyl (C=O) groups is 1. The standard InChI is InChI=1S/C20H21Br2N3O2/c1-10(2)25-9-16(22)18-14(6-13(21)7-17(18)25)19(26)23-8-15-11(3)5-12(4)24-20(15)27/h5-7,9-10H,8H2,1-4H3,(H,23,26)(H,24,27).